The van der Waals surface area contributed by atoms with Crippen molar-refractivity contribution in [3.63, 3.8) is 0 Å². The number of carbonyl (C=O) groups is 2. The molecule has 0 unspecified atom stereocenters. The van der Waals surface area contributed by atoms with E-state index < -0.39 is 17.8 Å². The Kier molecular flexibility index (Phi) is 6.91. The van der Waals surface area contributed by atoms with Crippen molar-refractivity contribution in [1.82, 2.24) is 0 Å². The maximum absolute atomic E-state index is 12.1. The molecule has 0 saturated carbocycles. The molecule has 0 aromatic heterocycles. The molecule has 0 aliphatic rings. The SMILES string of the molecule is CCOC(=O)c1ccc(N/N=C(\C#N)C(=N)N)c(C(=O)OCC)c1. The molecule has 9 heteroatoms. The number of nitrogens with zero attached hydrogens (tertiary/aromatic N) is 2. The first kappa shape index (κ1) is 18.6. The van der Waals surface area contributed by atoms with Gasteiger partial charge in [-0.2, -0.15) is 10.4 Å². The first-order valence-corrected chi connectivity index (χ1v) is 7.01. The average Bonchev–Trinajstić information content (AvgIpc) is 2.55. The third-order valence-corrected chi connectivity index (χ3v) is 2.68. The highest BCUT2D eigenvalue weighted by Gasteiger charge is 2.17. The summed E-state index contributed by atoms with van der Waals surface area (Å²) in [7, 11) is 0. The van der Waals surface area contributed by atoms with E-state index in [2.05, 4.69) is 10.5 Å². The van der Waals surface area contributed by atoms with Gasteiger partial charge in [0, 0.05) is 0 Å². The van der Waals surface area contributed by atoms with Gasteiger partial charge in [0.05, 0.1) is 30.0 Å². The number of rotatable bonds is 7. The van der Waals surface area contributed by atoms with Crippen LogP contribution in [0.1, 0.15) is 34.6 Å². The second kappa shape index (κ2) is 8.89. The number of esters is 2. The number of carbonyl (C=O) groups excluding carboxylic acids is 2. The topological polar surface area (TPSA) is 151 Å². The third kappa shape index (κ3) is 4.81. The molecule has 24 heavy (non-hydrogen) atoms. The number of nitriles is 1. The number of benzene rings is 1. The molecule has 0 saturated heterocycles. The average molecular weight is 331 g/mol. The highest BCUT2D eigenvalue weighted by molar-refractivity contribution is 6.45. The lowest BCUT2D eigenvalue weighted by Gasteiger charge is -2.10. The second-order valence-electron chi connectivity index (χ2n) is 4.30. The molecule has 0 radical (unpaired) electrons. The fourth-order valence-corrected chi connectivity index (χ4v) is 1.62. The predicted molar refractivity (Wildman–Crippen MR) is 86.9 cm³/mol. The molecule has 0 fully saturated rings. The van der Waals surface area contributed by atoms with E-state index in [0.717, 1.165) is 0 Å². The van der Waals surface area contributed by atoms with Gasteiger partial charge in [0.1, 0.15) is 6.07 Å². The van der Waals surface area contributed by atoms with E-state index in [1.54, 1.807) is 19.9 Å². The van der Waals surface area contributed by atoms with E-state index in [1.807, 2.05) is 0 Å². The zero-order chi connectivity index (χ0) is 18.1. The highest BCUT2D eigenvalue weighted by atomic mass is 16.5. The minimum absolute atomic E-state index is 0.0343. The lowest BCUT2D eigenvalue weighted by Crippen LogP contribution is -2.22. The molecule has 126 valence electrons. The molecule has 0 aliphatic carbocycles. The number of nitrogens with one attached hydrogen (secondary N) is 2. The zero-order valence-electron chi connectivity index (χ0n) is 13.3. The monoisotopic (exact) mass is 331 g/mol. The summed E-state index contributed by atoms with van der Waals surface area (Å²) in [4.78, 5) is 23.8. The predicted octanol–water partition coefficient (Wildman–Crippen LogP) is 1.27. The second-order valence-corrected chi connectivity index (χ2v) is 4.30. The van der Waals surface area contributed by atoms with E-state index in [-0.39, 0.29) is 35.7 Å². The van der Waals surface area contributed by atoms with Crippen LogP contribution in [0, 0.1) is 16.7 Å². The minimum Gasteiger partial charge on any atom is -0.462 e. The number of hydrogen-bond acceptors (Lipinski definition) is 8. The van der Waals surface area contributed by atoms with Crippen molar-refractivity contribution in [2.75, 3.05) is 18.6 Å². The lowest BCUT2D eigenvalue weighted by molar-refractivity contribution is 0.0526. The standard InChI is InChI=1S/C15H17N5O4/c1-3-23-14(21)9-5-6-11(10(7-9)15(22)24-4-2)19-20-12(8-16)13(17)18/h5-7,19H,3-4H2,1-2H3,(H3,17,18)/b20-12+. The van der Waals surface area contributed by atoms with Crippen LogP contribution in [-0.2, 0) is 9.47 Å². The summed E-state index contributed by atoms with van der Waals surface area (Å²) >= 11 is 0. The summed E-state index contributed by atoms with van der Waals surface area (Å²) in [5, 5.41) is 19.7. The number of hydrazone groups is 1. The van der Waals surface area contributed by atoms with Crippen molar-refractivity contribution >= 4 is 29.2 Å². The van der Waals surface area contributed by atoms with Crippen LogP contribution in [0.15, 0.2) is 23.3 Å². The van der Waals surface area contributed by atoms with Gasteiger partial charge in [-0.3, -0.25) is 10.8 Å². The molecule has 0 aliphatic heterocycles. The summed E-state index contributed by atoms with van der Waals surface area (Å²) in [6.07, 6.45) is 0. The Morgan fingerprint density at radius 1 is 1.29 bits per heavy atom. The van der Waals surface area contributed by atoms with E-state index >= 15 is 0 Å². The van der Waals surface area contributed by atoms with Gasteiger partial charge < -0.3 is 15.2 Å². The quantitative estimate of drug-likeness (QED) is 0.294. The van der Waals surface area contributed by atoms with Crippen LogP contribution < -0.4 is 11.2 Å². The molecule has 4 N–H and O–H groups in total. The Bertz CT molecular complexity index is 721. The van der Waals surface area contributed by atoms with E-state index in [1.165, 1.54) is 18.2 Å². The molecule has 9 nitrogen and oxygen atoms in total. The van der Waals surface area contributed by atoms with Crippen molar-refractivity contribution < 1.29 is 19.1 Å². The van der Waals surface area contributed by atoms with Crippen LogP contribution in [0.3, 0.4) is 0 Å². The summed E-state index contributed by atoms with van der Waals surface area (Å²) in [6.45, 7) is 3.64. The highest BCUT2D eigenvalue weighted by Crippen LogP contribution is 2.20. The number of hydrogen-bond donors (Lipinski definition) is 3. The summed E-state index contributed by atoms with van der Waals surface area (Å²) in [5.41, 5.74) is 7.71. The van der Waals surface area contributed by atoms with Crippen LogP contribution in [0.4, 0.5) is 5.69 Å². The third-order valence-electron chi connectivity index (χ3n) is 2.68. The van der Waals surface area contributed by atoms with Crippen LogP contribution >= 0.6 is 0 Å². The first-order valence-electron chi connectivity index (χ1n) is 7.01. The Balaban J connectivity index is 3.24. The molecule has 0 atom stereocenters. The van der Waals surface area contributed by atoms with Gasteiger partial charge in [-0.1, -0.05) is 0 Å². The van der Waals surface area contributed by atoms with Gasteiger partial charge in [-0.25, -0.2) is 9.59 Å². The van der Waals surface area contributed by atoms with Gasteiger partial charge in [0.15, 0.2) is 5.84 Å². The molecular formula is C15H17N5O4. The van der Waals surface area contributed by atoms with E-state index in [4.69, 9.17) is 25.9 Å². The van der Waals surface area contributed by atoms with Crippen LogP contribution in [0.25, 0.3) is 0 Å². The number of amidine groups is 1. The van der Waals surface area contributed by atoms with E-state index in [0.29, 0.717) is 0 Å². The van der Waals surface area contributed by atoms with Gasteiger partial charge >= 0.3 is 11.9 Å². The lowest BCUT2D eigenvalue weighted by atomic mass is 10.1. The Labute approximate surface area is 138 Å². The van der Waals surface area contributed by atoms with Crippen LogP contribution in [0.5, 0.6) is 0 Å². The molecule has 0 spiro atoms. The van der Waals surface area contributed by atoms with Crippen molar-refractivity contribution in [2.24, 2.45) is 10.8 Å². The van der Waals surface area contributed by atoms with Crippen LogP contribution in [-0.4, -0.2) is 36.7 Å². The minimum atomic E-state index is -0.678. The maximum atomic E-state index is 12.1. The molecular weight excluding hydrogens is 314 g/mol. The molecule has 1 aromatic rings. The van der Waals surface area contributed by atoms with Crippen molar-refractivity contribution in [1.29, 1.82) is 10.7 Å². The van der Waals surface area contributed by atoms with E-state index in [9.17, 15) is 9.59 Å². The number of ether oxygens (including phenoxy) is 2. The van der Waals surface area contributed by atoms with Crippen molar-refractivity contribution in [3.05, 3.63) is 29.3 Å². The van der Waals surface area contributed by atoms with Gasteiger partial charge in [0.2, 0.25) is 5.71 Å². The summed E-state index contributed by atoms with van der Waals surface area (Å²) in [5.74, 6) is -1.78. The molecule has 1 rings (SSSR count). The van der Waals surface area contributed by atoms with Gasteiger partial charge in [0.25, 0.3) is 0 Å². The Morgan fingerprint density at radius 3 is 2.46 bits per heavy atom. The van der Waals surface area contributed by atoms with Crippen molar-refractivity contribution in [3.8, 4) is 6.07 Å². The Hall–Kier alpha value is -3.41. The smallest absolute Gasteiger partial charge is 0.340 e. The first-order chi connectivity index (χ1) is 11.4. The van der Waals surface area contributed by atoms with Crippen molar-refractivity contribution in [2.45, 2.75) is 13.8 Å². The normalized spacial score (nSPS) is 10.5. The van der Waals surface area contributed by atoms with Gasteiger partial charge in [-0.15, -0.1) is 0 Å². The fourth-order valence-electron chi connectivity index (χ4n) is 1.62. The summed E-state index contributed by atoms with van der Waals surface area (Å²) < 4.78 is 9.82. The molecule has 0 amide bonds. The fraction of sp³-hybridized carbons (Fsp3) is 0.267. The maximum Gasteiger partial charge on any atom is 0.340 e. The zero-order valence-corrected chi connectivity index (χ0v) is 13.3. The molecule has 0 heterocycles. The largest absolute Gasteiger partial charge is 0.462 e. The summed E-state index contributed by atoms with van der Waals surface area (Å²) in [6, 6.07) is 5.78. The number of anilines is 1. The molecule has 0 bridgehead atoms. The van der Waals surface area contributed by atoms with Crippen LogP contribution in [0.2, 0.25) is 0 Å². The number of nitrogens with two attached hydrogens (primary N) is 1. The Morgan fingerprint density at radius 2 is 1.92 bits per heavy atom. The van der Waals surface area contributed by atoms with Gasteiger partial charge in [-0.05, 0) is 32.0 Å². The molecule has 1 aromatic carbocycles.